The number of hydrogen-bond acceptors (Lipinski definition) is 4. The van der Waals surface area contributed by atoms with Crippen LogP contribution >= 0.6 is 0 Å². The highest BCUT2D eigenvalue weighted by Crippen LogP contribution is 2.25. The van der Waals surface area contributed by atoms with E-state index in [4.69, 9.17) is 0 Å². The van der Waals surface area contributed by atoms with Crippen molar-refractivity contribution in [3.63, 3.8) is 0 Å². The smallest absolute Gasteiger partial charge is 0.130 e. The summed E-state index contributed by atoms with van der Waals surface area (Å²) in [6.45, 7) is 7.85. The fourth-order valence-corrected chi connectivity index (χ4v) is 2.19. The lowest BCUT2D eigenvalue weighted by Crippen LogP contribution is -2.42. The second-order valence-corrected chi connectivity index (χ2v) is 5.66. The van der Waals surface area contributed by atoms with Crippen LogP contribution in [0.1, 0.15) is 33.6 Å². The van der Waals surface area contributed by atoms with E-state index in [1.165, 1.54) is 0 Å². The summed E-state index contributed by atoms with van der Waals surface area (Å²) in [6.07, 6.45) is 1.60. The minimum atomic E-state index is -0.510. The highest BCUT2D eigenvalue weighted by atomic mass is 16.3. The lowest BCUT2D eigenvalue weighted by Gasteiger charge is -2.36. The van der Waals surface area contributed by atoms with E-state index < -0.39 is 5.60 Å². The second kappa shape index (κ2) is 5.14. The number of pyridine rings is 1. The maximum atomic E-state index is 9.95. The number of rotatable bonds is 3. The van der Waals surface area contributed by atoms with Gasteiger partial charge in [-0.2, -0.15) is 0 Å². The highest BCUT2D eigenvalue weighted by molar-refractivity contribution is 5.47. The molecule has 0 amide bonds. The third-order valence-corrected chi connectivity index (χ3v) is 3.34. The zero-order valence-corrected chi connectivity index (χ0v) is 11.5. The fourth-order valence-electron chi connectivity index (χ4n) is 2.19. The third-order valence-electron chi connectivity index (χ3n) is 3.34. The van der Waals surface area contributed by atoms with Gasteiger partial charge in [0.15, 0.2) is 0 Å². The van der Waals surface area contributed by atoms with Gasteiger partial charge in [-0.3, -0.25) is 0 Å². The first-order valence-electron chi connectivity index (χ1n) is 6.67. The van der Waals surface area contributed by atoms with E-state index in [0.29, 0.717) is 6.04 Å². The first-order valence-corrected chi connectivity index (χ1v) is 6.67. The average molecular weight is 249 g/mol. The molecule has 2 N–H and O–H groups in total. The van der Waals surface area contributed by atoms with Gasteiger partial charge in [0.25, 0.3) is 0 Å². The molecule has 100 valence electrons. The summed E-state index contributed by atoms with van der Waals surface area (Å²) >= 11 is 0. The number of piperidine rings is 1. The van der Waals surface area contributed by atoms with Gasteiger partial charge in [0, 0.05) is 19.1 Å². The Morgan fingerprint density at radius 2 is 2.00 bits per heavy atom. The first-order chi connectivity index (χ1) is 8.46. The lowest BCUT2D eigenvalue weighted by atomic mass is 9.94. The van der Waals surface area contributed by atoms with Gasteiger partial charge in [0.2, 0.25) is 0 Å². The molecule has 1 saturated heterocycles. The van der Waals surface area contributed by atoms with Crippen molar-refractivity contribution in [3.05, 3.63) is 18.2 Å². The Bertz CT molecular complexity index is 394. The summed E-state index contributed by atoms with van der Waals surface area (Å²) < 4.78 is 0. The van der Waals surface area contributed by atoms with E-state index in [1.807, 2.05) is 25.1 Å². The molecule has 18 heavy (non-hydrogen) atoms. The zero-order valence-electron chi connectivity index (χ0n) is 11.5. The summed E-state index contributed by atoms with van der Waals surface area (Å²) in [5.74, 6) is 1.91. The van der Waals surface area contributed by atoms with Gasteiger partial charge in [0.05, 0.1) is 5.60 Å². The molecule has 1 aliphatic rings. The summed E-state index contributed by atoms with van der Waals surface area (Å²) in [5, 5.41) is 13.3. The molecule has 0 unspecified atom stereocenters. The molecular weight excluding hydrogens is 226 g/mol. The number of aromatic nitrogens is 1. The van der Waals surface area contributed by atoms with Gasteiger partial charge in [-0.15, -0.1) is 0 Å². The molecule has 0 saturated carbocycles. The molecule has 1 aromatic rings. The van der Waals surface area contributed by atoms with Crippen molar-refractivity contribution < 1.29 is 5.11 Å². The molecule has 1 fully saturated rings. The average Bonchev–Trinajstić information content (AvgIpc) is 2.28. The maximum absolute atomic E-state index is 9.95. The summed E-state index contributed by atoms with van der Waals surface area (Å²) in [7, 11) is 0. The second-order valence-electron chi connectivity index (χ2n) is 5.66. The first kappa shape index (κ1) is 13.1. The monoisotopic (exact) mass is 249 g/mol. The molecule has 0 bridgehead atoms. The predicted molar refractivity (Wildman–Crippen MR) is 75.1 cm³/mol. The van der Waals surface area contributed by atoms with Gasteiger partial charge in [0.1, 0.15) is 11.6 Å². The van der Waals surface area contributed by atoms with E-state index in [2.05, 4.69) is 29.0 Å². The summed E-state index contributed by atoms with van der Waals surface area (Å²) in [5.41, 5.74) is -0.510. The molecule has 4 nitrogen and oxygen atoms in total. The van der Waals surface area contributed by atoms with Crippen LogP contribution in [0.3, 0.4) is 0 Å². The van der Waals surface area contributed by atoms with Crippen molar-refractivity contribution in [2.24, 2.45) is 0 Å². The van der Waals surface area contributed by atoms with Crippen molar-refractivity contribution in [3.8, 4) is 0 Å². The molecule has 0 aromatic carbocycles. The van der Waals surface area contributed by atoms with Gasteiger partial charge in [-0.05, 0) is 45.7 Å². The molecule has 0 radical (unpaired) electrons. The van der Waals surface area contributed by atoms with Crippen LogP contribution in [0.15, 0.2) is 18.2 Å². The van der Waals surface area contributed by atoms with Crippen LogP contribution in [0, 0.1) is 0 Å². The van der Waals surface area contributed by atoms with Crippen molar-refractivity contribution in [1.29, 1.82) is 0 Å². The van der Waals surface area contributed by atoms with Crippen molar-refractivity contribution in [1.82, 2.24) is 4.98 Å². The Morgan fingerprint density at radius 1 is 1.33 bits per heavy atom. The lowest BCUT2D eigenvalue weighted by molar-refractivity contribution is 0.0350. The molecule has 0 atom stereocenters. The molecule has 0 spiro atoms. The quantitative estimate of drug-likeness (QED) is 0.862. The van der Waals surface area contributed by atoms with E-state index in [0.717, 1.165) is 37.6 Å². The molecule has 2 rings (SSSR count). The van der Waals surface area contributed by atoms with Crippen LogP contribution in [0.2, 0.25) is 0 Å². The van der Waals surface area contributed by atoms with Crippen molar-refractivity contribution >= 4 is 11.6 Å². The topological polar surface area (TPSA) is 48.4 Å². The van der Waals surface area contributed by atoms with Crippen LogP contribution < -0.4 is 10.2 Å². The van der Waals surface area contributed by atoms with Crippen LogP contribution in [0.4, 0.5) is 11.6 Å². The van der Waals surface area contributed by atoms with E-state index >= 15 is 0 Å². The predicted octanol–water partition coefficient (Wildman–Crippen LogP) is 2.25. The Labute approximate surface area is 109 Å². The minimum absolute atomic E-state index is 0.384. The van der Waals surface area contributed by atoms with E-state index in [-0.39, 0.29) is 0 Å². The van der Waals surface area contributed by atoms with Crippen LogP contribution in [0.5, 0.6) is 0 Å². The van der Waals surface area contributed by atoms with Crippen molar-refractivity contribution in [2.75, 3.05) is 23.3 Å². The molecular formula is C14H23N3O. The third kappa shape index (κ3) is 3.35. The number of nitrogens with zero attached hydrogens (tertiary/aromatic N) is 2. The highest BCUT2D eigenvalue weighted by Gasteiger charge is 2.27. The van der Waals surface area contributed by atoms with Crippen LogP contribution in [-0.2, 0) is 0 Å². The zero-order chi connectivity index (χ0) is 13.2. The SMILES string of the molecule is CC(C)Nc1cccc(N2CCC(C)(O)CC2)n1. The number of anilines is 2. The minimum Gasteiger partial charge on any atom is -0.390 e. The fraction of sp³-hybridized carbons (Fsp3) is 0.643. The van der Waals surface area contributed by atoms with Gasteiger partial charge < -0.3 is 15.3 Å². The molecule has 1 aliphatic heterocycles. The summed E-state index contributed by atoms with van der Waals surface area (Å²) in [6, 6.07) is 6.43. The molecule has 2 heterocycles. The number of hydrogen-bond donors (Lipinski definition) is 2. The number of nitrogens with one attached hydrogen (secondary N) is 1. The number of aliphatic hydroxyl groups is 1. The Kier molecular flexibility index (Phi) is 3.76. The van der Waals surface area contributed by atoms with Crippen molar-refractivity contribution in [2.45, 2.75) is 45.3 Å². The standard InChI is InChI=1S/C14H23N3O/c1-11(2)15-12-5-4-6-13(16-12)17-9-7-14(3,18)8-10-17/h4-6,11,18H,7-10H2,1-3H3,(H,15,16). The van der Waals surface area contributed by atoms with E-state index in [1.54, 1.807) is 0 Å². The van der Waals surface area contributed by atoms with Crippen LogP contribution in [-0.4, -0.2) is 34.8 Å². The van der Waals surface area contributed by atoms with Gasteiger partial charge in [-0.1, -0.05) is 6.07 Å². The Morgan fingerprint density at radius 3 is 2.61 bits per heavy atom. The molecule has 0 aliphatic carbocycles. The normalized spacial score (nSPS) is 19.1. The molecule has 4 heteroatoms. The van der Waals surface area contributed by atoms with Crippen LogP contribution in [0.25, 0.3) is 0 Å². The van der Waals surface area contributed by atoms with Gasteiger partial charge >= 0.3 is 0 Å². The summed E-state index contributed by atoms with van der Waals surface area (Å²) in [4.78, 5) is 6.86. The van der Waals surface area contributed by atoms with E-state index in [9.17, 15) is 5.11 Å². The van der Waals surface area contributed by atoms with Gasteiger partial charge in [-0.25, -0.2) is 4.98 Å². The maximum Gasteiger partial charge on any atom is 0.130 e. The molecule has 1 aromatic heterocycles. The Balaban J connectivity index is 2.05. The largest absolute Gasteiger partial charge is 0.390 e. The Hall–Kier alpha value is -1.29.